The first-order valence-electron chi connectivity index (χ1n) is 12.9. The van der Waals surface area contributed by atoms with Gasteiger partial charge in [0, 0.05) is 34.5 Å². The fraction of sp³-hybridized carbons (Fsp3) is 0.276. The van der Waals surface area contributed by atoms with Crippen LogP contribution in [-0.2, 0) is 40.7 Å². The van der Waals surface area contributed by atoms with Crippen molar-refractivity contribution in [1.29, 1.82) is 0 Å². The second-order valence-corrected chi connectivity index (χ2v) is 13.9. The highest BCUT2D eigenvalue weighted by atomic mass is 32.2. The zero-order chi connectivity index (χ0) is 32.1. The Labute approximate surface area is 249 Å². The van der Waals surface area contributed by atoms with Gasteiger partial charge in [0.15, 0.2) is 5.71 Å². The highest BCUT2D eigenvalue weighted by Crippen LogP contribution is 2.48. The summed E-state index contributed by atoms with van der Waals surface area (Å²) in [5.41, 5.74) is 1.23. The van der Waals surface area contributed by atoms with Gasteiger partial charge < -0.3 is 24.2 Å². The van der Waals surface area contributed by atoms with E-state index in [4.69, 9.17) is 0 Å². The van der Waals surface area contributed by atoms with Gasteiger partial charge in [-0.15, -0.1) is 0 Å². The SMILES string of the molecule is CC1(C)C(/C=C/C=C/C=C2/N(CC(=O)O)c3ccc(S(=O)(=O)[O-])cc3C2(C)C)=[N+](CC(=O)O)c2ccc(S(=O)(=O)[O-])cc21. The number of rotatable bonds is 9. The molecule has 12 nitrogen and oxygen atoms in total. The molecule has 0 radical (unpaired) electrons. The predicted octanol–water partition coefficient (Wildman–Crippen LogP) is 2.83. The lowest BCUT2D eigenvalue weighted by Gasteiger charge is -2.25. The topological polar surface area (TPSA) is 195 Å². The molecule has 0 aliphatic carbocycles. The van der Waals surface area contributed by atoms with Crippen molar-refractivity contribution < 1.29 is 50.3 Å². The third-order valence-corrected chi connectivity index (χ3v) is 9.28. The molecule has 0 saturated carbocycles. The van der Waals surface area contributed by atoms with E-state index in [0.717, 1.165) is 12.1 Å². The molecular formula is C29H29N2O10S2-. The second-order valence-electron chi connectivity index (χ2n) is 11.2. The molecule has 2 aliphatic rings. The molecule has 0 amide bonds. The molecule has 0 aromatic heterocycles. The zero-order valence-electron chi connectivity index (χ0n) is 23.6. The van der Waals surface area contributed by atoms with Crippen LogP contribution in [0.5, 0.6) is 0 Å². The van der Waals surface area contributed by atoms with Crippen molar-refractivity contribution in [3.8, 4) is 0 Å². The highest BCUT2D eigenvalue weighted by molar-refractivity contribution is 7.86. The first-order valence-corrected chi connectivity index (χ1v) is 15.7. The minimum absolute atomic E-state index is 0.412. The van der Waals surface area contributed by atoms with Gasteiger partial charge >= 0.3 is 11.9 Å². The van der Waals surface area contributed by atoms with E-state index in [2.05, 4.69) is 0 Å². The van der Waals surface area contributed by atoms with E-state index >= 15 is 0 Å². The maximum absolute atomic E-state index is 11.7. The summed E-state index contributed by atoms with van der Waals surface area (Å²) in [6.07, 6.45) is 8.24. The van der Waals surface area contributed by atoms with E-state index in [9.17, 15) is 45.7 Å². The lowest BCUT2D eigenvalue weighted by molar-refractivity contribution is -0.428. The molecule has 43 heavy (non-hydrogen) atoms. The summed E-state index contributed by atoms with van der Waals surface area (Å²) in [5.74, 6) is -2.24. The van der Waals surface area contributed by atoms with Crippen LogP contribution in [0.3, 0.4) is 0 Å². The van der Waals surface area contributed by atoms with Gasteiger partial charge in [-0.25, -0.2) is 21.6 Å². The molecule has 4 rings (SSSR count). The number of hydrogen-bond acceptors (Lipinski definition) is 9. The summed E-state index contributed by atoms with van der Waals surface area (Å²) in [6, 6.07) is 7.62. The molecule has 0 saturated heterocycles. The maximum atomic E-state index is 11.7. The minimum atomic E-state index is -4.73. The summed E-state index contributed by atoms with van der Waals surface area (Å²) < 4.78 is 71.3. The highest BCUT2D eigenvalue weighted by Gasteiger charge is 2.45. The van der Waals surface area contributed by atoms with Crippen molar-refractivity contribution in [2.24, 2.45) is 0 Å². The van der Waals surface area contributed by atoms with Gasteiger partial charge in [-0.1, -0.05) is 32.1 Å². The normalized spacial score (nSPS) is 18.6. The second kappa shape index (κ2) is 10.9. The average molecular weight is 630 g/mol. The van der Waals surface area contributed by atoms with E-state index in [0.29, 0.717) is 33.9 Å². The zero-order valence-corrected chi connectivity index (χ0v) is 25.3. The van der Waals surface area contributed by atoms with Gasteiger partial charge in [0.1, 0.15) is 26.8 Å². The molecule has 2 N–H and O–H groups in total. The lowest BCUT2D eigenvalue weighted by Crippen LogP contribution is -2.30. The van der Waals surface area contributed by atoms with E-state index < -0.39 is 65.9 Å². The van der Waals surface area contributed by atoms with Gasteiger partial charge in [0.2, 0.25) is 12.2 Å². The monoisotopic (exact) mass is 629 g/mol. The minimum Gasteiger partial charge on any atom is -0.744 e. The largest absolute Gasteiger partial charge is 0.744 e. The van der Waals surface area contributed by atoms with E-state index in [-0.39, 0.29) is 0 Å². The van der Waals surface area contributed by atoms with Crippen molar-refractivity contribution in [1.82, 2.24) is 0 Å². The summed E-state index contributed by atoms with van der Waals surface area (Å²) in [4.78, 5) is 24.0. The lowest BCUT2D eigenvalue weighted by atomic mass is 9.81. The summed E-state index contributed by atoms with van der Waals surface area (Å²) >= 11 is 0. The Balaban J connectivity index is 1.71. The van der Waals surface area contributed by atoms with Crippen molar-refractivity contribution in [3.63, 3.8) is 0 Å². The number of carboxylic acid groups (broad SMARTS) is 2. The molecule has 0 bridgehead atoms. The quantitative estimate of drug-likeness (QED) is 0.235. The molecule has 0 fully saturated rings. The van der Waals surface area contributed by atoms with Crippen LogP contribution in [0.4, 0.5) is 11.4 Å². The first-order chi connectivity index (χ1) is 19.8. The number of benzene rings is 2. The van der Waals surface area contributed by atoms with Crippen LogP contribution < -0.4 is 4.90 Å². The van der Waals surface area contributed by atoms with Crippen LogP contribution in [0.25, 0.3) is 0 Å². The first kappa shape index (κ1) is 31.8. The predicted molar refractivity (Wildman–Crippen MR) is 154 cm³/mol. The van der Waals surface area contributed by atoms with Gasteiger partial charge in [-0.3, -0.25) is 4.79 Å². The molecule has 0 atom stereocenters. The maximum Gasteiger partial charge on any atom is 0.370 e. The Morgan fingerprint density at radius 2 is 1.42 bits per heavy atom. The molecule has 2 aliphatic heterocycles. The number of allylic oxidation sites excluding steroid dienone is 6. The molecule has 0 spiro atoms. The Hall–Kier alpha value is -4.11. The molecule has 2 aromatic carbocycles. The summed E-state index contributed by atoms with van der Waals surface area (Å²) in [7, 11) is -9.46. The third-order valence-electron chi connectivity index (χ3n) is 7.62. The molecule has 2 aromatic rings. The number of hydrogen-bond donors (Lipinski definition) is 2. The van der Waals surface area contributed by atoms with Crippen molar-refractivity contribution >= 4 is 49.3 Å². The van der Waals surface area contributed by atoms with Gasteiger partial charge in [0.25, 0.3) is 0 Å². The van der Waals surface area contributed by atoms with E-state index in [1.807, 2.05) is 0 Å². The smallest absolute Gasteiger partial charge is 0.370 e. The average Bonchev–Trinajstić information content (AvgIpc) is 3.20. The van der Waals surface area contributed by atoms with Crippen molar-refractivity contribution in [3.05, 3.63) is 83.6 Å². The van der Waals surface area contributed by atoms with Crippen molar-refractivity contribution in [2.75, 3.05) is 18.0 Å². The van der Waals surface area contributed by atoms with Crippen LogP contribution in [0.2, 0.25) is 0 Å². The molecule has 0 unspecified atom stereocenters. The molecule has 228 valence electrons. The Morgan fingerprint density at radius 1 is 0.837 bits per heavy atom. The molecule has 2 heterocycles. The number of carboxylic acids is 2. The standard InChI is InChI=1S/C29H30N2O10S2/c1-28(2)20-14-18(42(36,37)38)10-12-22(20)30(16-26(32)33)24(28)8-6-5-7-9-25-29(3,4)21-15-19(43(39,40)41)11-13-23(21)31(25)17-27(34)35/h5-15H,16-17H2,1-4H3,(H3-,32,33,34,35,36,37,38,39,40,41)/p-1. The van der Waals surface area contributed by atoms with Crippen molar-refractivity contribution in [2.45, 2.75) is 48.3 Å². The summed E-state index contributed by atoms with van der Waals surface area (Å²) in [6.45, 7) is 6.28. The van der Waals surface area contributed by atoms with E-state index in [1.54, 1.807) is 58.1 Å². The third kappa shape index (κ3) is 6.04. The Bertz CT molecular complexity index is 1880. The Morgan fingerprint density at radius 3 is 1.98 bits per heavy atom. The number of nitrogens with zero attached hydrogens (tertiary/aromatic N) is 2. The summed E-state index contributed by atoms with van der Waals surface area (Å²) in [5, 5.41) is 19.1. The number of aliphatic carboxylic acids is 2. The van der Waals surface area contributed by atoms with Gasteiger partial charge in [0.05, 0.1) is 15.2 Å². The fourth-order valence-electron chi connectivity index (χ4n) is 5.59. The number of anilines is 1. The van der Waals surface area contributed by atoms with Crippen LogP contribution in [0.15, 0.2) is 82.3 Å². The fourth-order valence-corrected chi connectivity index (χ4v) is 6.58. The van der Waals surface area contributed by atoms with Gasteiger partial charge in [-0.2, -0.15) is 4.58 Å². The van der Waals surface area contributed by atoms with Crippen LogP contribution >= 0.6 is 0 Å². The van der Waals surface area contributed by atoms with Gasteiger partial charge in [-0.05, 0) is 55.8 Å². The molecular weight excluding hydrogens is 600 g/mol. The molecule has 14 heteroatoms. The van der Waals surface area contributed by atoms with E-state index in [1.165, 1.54) is 33.7 Å². The van der Waals surface area contributed by atoms with Crippen LogP contribution in [-0.4, -0.2) is 71.5 Å². The van der Waals surface area contributed by atoms with Crippen LogP contribution in [0, 0.1) is 0 Å². The Kier molecular flexibility index (Phi) is 8.04. The van der Waals surface area contributed by atoms with Crippen LogP contribution in [0.1, 0.15) is 38.8 Å². The number of carbonyl (C=O) groups is 2. The number of fused-ring (bicyclic) bond motifs is 2.